The van der Waals surface area contributed by atoms with E-state index < -0.39 is 17.5 Å². The van der Waals surface area contributed by atoms with Gasteiger partial charge in [-0.2, -0.15) is 0 Å². The van der Waals surface area contributed by atoms with Gasteiger partial charge in [0.2, 0.25) is 5.91 Å². The van der Waals surface area contributed by atoms with Gasteiger partial charge in [0.15, 0.2) is 17.5 Å². The first-order valence-corrected chi connectivity index (χ1v) is 13.9. The number of halogens is 3. The van der Waals surface area contributed by atoms with Gasteiger partial charge in [-0.05, 0) is 99.0 Å². The Morgan fingerprint density at radius 3 is 2.17 bits per heavy atom. The average molecular weight is 559 g/mol. The number of hydrogen-bond acceptors (Lipinski definition) is 5. The second-order valence-electron chi connectivity index (χ2n) is 10.5. The summed E-state index contributed by atoms with van der Waals surface area (Å²) in [6.07, 6.45) is 5.86. The molecule has 2 aliphatic rings. The van der Waals surface area contributed by atoms with Crippen molar-refractivity contribution in [2.24, 2.45) is 11.8 Å². The molecule has 2 saturated heterocycles. The Labute approximate surface area is 233 Å². The zero-order valence-electron chi connectivity index (χ0n) is 23.1. The maximum Gasteiger partial charge on any atom is 0.310 e. The van der Waals surface area contributed by atoms with E-state index in [0.717, 1.165) is 43.8 Å². The molecule has 0 bridgehead atoms. The van der Waals surface area contributed by atoms with E-state index in [9.17, 15) is 22.8 Å². The van der Waals surface area contributed by atoms with Gasteiger partial charge in [-0.15, -0.1) is 0 Å². The SMILES string of the molecule is CCOC(=O)C(CN1CCC(c2ccc(OC)cc2)CC1)C1CCN(C(=O)/C=C/c2cc(F)c(F)c(F)c2)CC1. The van der Waals surface area contributed by atoms with Crippen molar-refractivity contribution in [3.8, 4) is 5.75 Å². The maximum absolute atomic E-state index is 13.5. The standard InChI is InChI=1S/C31H37F3N2O4/c1-3-40-31(38)26(20-35-14-10-23(11-15-35)22-5-7-25(39-2)8-6-22)24-12-16-36(17-13-24)29(37)9-4-21-18-27(32)30(34)28(33)19-21/h4-9,18-19,23-24,26H,3,10-17,20H2,1-2H3/b9-4+. The van der Waals surface area contributed by atoms with Crippen LogP contribution in [0.25, 0.3) is 6.08 Å². The van der Waals surface area contributed by atoms with Crippen LogP contribution in [0.2, 0.25) is 0 Å². The van der Waals surface area contributed by atoms with Gasteiger partial charge >= 0.3 is 5.97 Å². The smallest absolute Gasteiger partial charge is 0.310 e. The summed E-state index contributed by atoms with van der Waals surface area (Å²) in [6, 6.07) is 9.93. The molecule has 0 radical (unpaired) electrons. The number of carbonyl (C=O) groups excluding carboxylic acids is 2. The predicted octanol–water partition coefficient (Wildman–Crippen LogP) is 5.42. The van der Waals surface area contributed by atoms with Gasteiger partial charge in [0, 0.05) is 25.7 Å². The monoisotopic (exact) mass is 558 g/mol. The molecule has 4 rings (SSSR count). The van der Waals surface area contributed by atoms with Crippen molar-refractivity contribution in [2.75, 3.05) is 46.4 Å². The maximum atomic E-state index is 13.5. The number of hydrogen-bond donors (Lipinski definition) is 0. The van der Waals surface area contributed by atoms with Crippen molar-refractivity contribution in [1.82, 2.24) is 9.80 Å². The Kier molecular flexibility index (Phi) is 10.3. The first kappa shape index (κ1) is 29.6. The van der Waals surface area contributed by atoms with Crippen LogP contribution in [0.5, 0.6) is 5.75 Å². The number of carbonyl (C=O) groups is 2. The quantitative estimate of drug-likeness (QED) is 0.234. The normalized spacial score (nSPS) is 18.2. The molecule has 1 atom stereocenters. The van der Waals surface area contributed by atoms with Crippen LogP contribution in [-0.2, 0) is 14.3 Å². The molecule has 2 aromatic carbocycles. The van der Waals surface area contributed by atoms with E-state index >= 15 is 0 Å². The summed E-state index contributed by atoms with van der Waals surface area (Å²) in [6.45, 7) is 5.50. The number of likely N-dealkylation sites (tertiary alicyclic amines) is 2. The van der Waals surface area contributed by atoms with Gasteiger partial charge in [-0.1, -0.05) is 12.1 Å². The largest absolute Gasteiger partial charge is 0.497 e. The lowest BCUT2D eigenvalue weighted by molar-refractivity contribution is -0.151. The molecule has 2 aliphatic heterocycles. The lowest BCUT2D eigenvalue weighted by atomic mass is 9.82. The van der Waals surface area contributed by atoms with Gasteiger partial charge in [0.1, 0.15) is 5.75 Å². The predicted molar refractivity (Wildman–Crippen MR) is 146 cm³/mol. The summed E-state index contributed by atoms with van der Waals surface area (Å²) in [7, 11) is 1.66. The lowest BCUT2D eigenvalue weighted by Crippen LogP contribution is -2.45. The van der Waals surface area contributed by atoms with E-state index in [1.807, 2.05) is 19.1 Å². The highest BCUT2D eigenvalue weighted by Crippen LogP contribution is 2.32. The summed E-state index contributed by atoms with van der Waals surface area (Å²) in [5.74, 6) is -3.48. The molecule has 9 heteroatoms. The Bertz CT molecular complexity index is 1160. The summed E-state index contributed by atoms with van der Waals surface area (Å²) in [4.78, 5) is 29.7. The van der Waals surface area contributed by atoms with Crippen LogP contribution >= 0.6 is 0 Å². The van der Waals surface area contributed by atoms with Crippen molar-refractivity contribution in [1.29, 1.82) is 0 Å². The second kappa shape index (κ2) is 13.8. The fraction of sp³-hybridized carbons (Fsp3) is 0.484. The van der Waals surface area contributed by atoms with Gasteiger partial charge in [-0.3, -0.25) is 9.59 Å². The van der Waals surface area contributed by atoms with E-state index in [2.05, 4.69) is 17.0 Å². The third-order valence-electron chi connectivity index (χ3n) is 8.06. The van der Waals surface area contributed by atoms with Crippen molar-refractivity contribution in [2.45, 2.75) is 38.5 Å². The van der Waals surface area contributed by atoms with Crippen molar-refractivity contribution in [3.63, 3.8) is 0 Å². The Balaban J connectivity index is 1.31. The molecule has 1 amide bonds. The van der Waals surface area contributed by atoms with Gasteiger partial charge in [0.05, 0.1) is 19.6 Å². The van der Waals surface area contributed by atoms with E-state index in [-0.39, 0.29) is 29.3 Å². The second-order valence-corrected chi connectivity index (χ2v) is 10.5. The number of benzene rings is 2. The van der Waals surface area contributed by atoms with E-state index in [1.54, 1.807) is 12.0 Å². The number of methoxy groups -OCH3 is 1. The molecule has 1 unspecified atom stereocenters. The minimum atomic E-state index is -1.54. The summed E-state index contributed by atoms with van der Waals surface area (Å²) >= 11 is 0. The van der Waals surface area contributed by atoms with Crippen LogP contribution in [0.3, 0.4) is 0 Å². The van der Waals surface area contributed by atoms with E-state index in [0.29, 0.717) is 45.0 Å². The third kappa shape index (κ3) is 7.44. The fourth-order valence-corrected chi connectivity index (χ4v) is 5.73. The van der Waals surface area contributed by atoms with E-state index in [1.165, 1.54) is 17.7 Å². The number of nitrogens with zero attached hydrogens (tertiary/aromatic N) is 2. The van der Waals surface area contributed by atoms with Crippen LogP contribution in [-0.4, -0.2) is 68.1 Å². The highest BCUT2D eigenvalue weighted by molar-refractivity contribution is 5.91. The molecule has 0 saturated carbocycles. The Morgan fingerprint density at radius 2 is 1.60 bits per heavy atom. The molecule has 2 heterocycles. The van der Waals surface area contributed by atoms with E-state index in [4.69, 9.17) is 9.47 Å². The molecular weight excluding hydrogens is 521 g/mol. The van der Waals surface area contributed by atoms with Crippen LogP contribution in [0, 0.1) is 29.3 Å². The van der Waals surface area contributed by atoms with Gasteiger partial charge in [0.25, 0.3) is 0 Å². The van der Waals surface area contributed by atoms with Gasteiger partial charge in [-0.25, -0.2) is 13.2 Å². The minimum absolute atomic E-state index is 0.0674. The van der Waals surface area contributed by atoms with Crippen molar-refractivity contribution in [3.05, 3.63) is 71.1 Å². The van der Waals surface area contributed by atoms with Crippen LogP contribution in [0.15, 0.2) is 42.5 Å². The third-order valence-corrected chi connectivity index (χ3v) is 8.06. The Hall–Kier alpha value is -3.33. The molecule has 216 valence electrons. The summed E-state index contributed by atoms with van der Waals surface area (Å²) in [5.41, 5.74) is 1.38. The molecule has 40 heavy (non-hydrogen) atoms. The molecule has 6 nitrogen and oxygen atoms in total. The zero-order chi connectivity index (χ0) is 28.6. The molecule has 2 aromatic rings. The first-order valence-electron chi connectivity index (χ1n) is 13.9. The zero-order valence-corrected chi connectivity index (χ0v) is 23.1. The number of rotatable bonds is 9. The lowest BCUT2D eigenvalue weighted by Gasteiger charge is -2.38. The van der Waals surface area contributed by atoms with Gasteiger partial charge < -0.3 is 19.3 Å². The topological polar surface area (TPSA) is 59.1 Å². The molecule has 2 fully saturated rings. The molecule has 0 aliphatic carbocycles. The first-order chi connectivity index (χ1) is 19.3. The molecule has 0 N–H and O–H groups in total. The van der Waals surface area contributed by atoms with Crippen LogP contribution in [0.1, 0.15) is 49.7 Å². The Morgan fingerprint density at radius 1 is 0.975 bits per heavy atom. The molecule has 0 aromatic heterocycles. The average Bonchev–Trinajstić information content (AvgIpc) is 2.98. The number of ether oxygens (including phenoxy) is 2. The van der Waals surface area contributed by atoms with Crippen molar-refractivity contribution < 1.29 is 32.2 Å². The number of amides is 1. The summed E-state index contributed by atoms with van der Waals surface area (Å²) < 4.78 is 50.8. The summed E-state index contributed by atoms with van der Waals surface area (Å²) in [5, 5.41) is 0. The highest BCUT2D eigenvalue weighted by Gasteiger charge is 2.35. The minimum Gasteiger partial charge on any atom is -0.497 e. The van der Waals surface area contributed by atoms with Crippen LogP contribution in [0.4, 0.5) is 13.2 Å². The van der Waals surface area contributed by atoms with Crippen LogP contribution < -0.4 is 4.74 Å². The number of esters is 1. The van der Waals surface area contributed by atoms with Crippen molar-refractivity contribution >= 4 is 18.0 Å². The number of piperidine rings is 2. The molecular formula is C31H37F3N2O4. The molecule has 0 spiro atoms. The highest BCUT2D eigenvalue weighted by atomic mass is 19.2. The fourth-order valence-electron chi connectivity index (χ4n) is 5.73.